The van der Waals surface area contributed by atoms with Gasteiger partial charge in [-0.3, -0.25) is 4.79 Å². The molecule has 0 saturated heterocycles. The van der Waals surface area contributed by atoms with Gasteiger partial charge in [-0.15, -0.1) is 0 Å². The third-order valence-electron chi connectivity index (χ3n) is 2.77. The smallest absolute Gasteiger partial charge is 0.225 e. The lowest BCUT2D eigenvalue weighted by molar-refractivity contribution is -0.128. The van der Waals surface area contributed by atoms with Gasteiger partial charge in [-0.1, -0.05) is 32.9 Å². The van der Waals surface area contributed by atoms with E-state index in [4.69, 9.17) is 4.74 Å². The minimum Gasteiger partial charge on any atom is -0.497 e. The fourth-order valence-corrected chi connectivity index (χ4v) is 1.55. The fourth-order valence-electron chi connectivity index (χ4n) is 1.55. The van der Waals surface area contributed by atoms with Gasteiger partial charge in [0.15, 0.2) is 0 Å². The highest BCUT2D eigenvalue weighted by atomic mass is 16.5. The van der Waals surface area contributed by atoms with Gasteiger partial charge < -0.3 is 10.1 Å². The van der Waals surface area contributed by atoms with E-state index >= 15 is 0 Å². The van der Waals surface area contributed by atoms with Crippen molar-refractivity contribution in [2.24, 2.45) is 5.41 Å². The van der Waals surface area contributed by atoms with E-state index in [0.717, 1.165) is 25.1 Å². The molecule has 0 bridgehead atoms. The second-order valence-electron chi connectivity index (χ2n) is 5.46. The molecule has 0 aliphatic carbocycles. The minimum atomic E-state index is -0.305. The molecule has 0 aromatic heterocycles. The SMILES string of the molecule is COc1ccc(CCCNC(=O)C(C)(C)C)cc1. The summed E-state index contributed by atoms with van der Waals surface area (Å²) in [7, 11) is 1.66. The van der Waals surface area contributed by atoms with Crippen molar-refractivity contribution in [2.75, 3.05) is 13.7 Å². The van der Waals surface area contributed by atoms with Crippen molar-refractivity contribution in [2.45, 2.75) is 33.6 Å². The lowest BCUT2D eigenvalue weighted by Gasteiger charge is -2.17. The standard InChI is InChI=1S/C15H23NO2/c1-15(2,3)14(17)16-11-5-6-12-7-9-13(18-4)10-8-12/h7-10H,5-6,11H2,1-4H3,(H,16,17). The van der Waals surface area contributed by atoms with Gasteiger partial charge in [0, 0.05) is 12.0 Å². The van der Waals surface area contributed by atoms with E-state index in [1.165, 1.54) is 5.56 Å². The molecule has 1 aromatic rings. The summed E-state index contributed by atoms with van der Waals surface area (Å²) in [6, 6.07) is 8.04. The summed E-state index contributed by atoms with van der Waals surface area (Å²) >= 11 is 0. The molecular weight excluding hydrogens is 226 g/mol. The van der Waals surface area contributed by atoms with Crippen LogP contribution in [0, 0.1) is 5.41 Å². The molecule has 0 aliphatic heterocycles. The highest BCUT2D eigenvalue weighted by Gasteiger charge is 2.19. The minimum absolute atomic E-state index is 0.109. The molecule has 1 rings (SSSR count). The van der Waals surface area contributed by atoms with Crippen molar-refractivity contribution in [3.63, 3.8) is 0 Å². The maximum Gasteiger partial charge on any atom is 0.225 e. The fraction of sp³-hybridized carbons (Fsp3) is 0.533. The number of benzene rings is 1. The predicted molar refractivity (Wildman–Crippen MR) is 73.8 cm³/mol. The molecule has 1 amide bonds. The van der Waals surface area contributed by atoms with Crippen LogP contribution in [0.15, 0.2) is 24.3 Å². The lowest BCUT2D eigenvalue weighted by Crippen LogP contribution is -2.35. The van der Waals surface area contributed by atoms with E-state index in [2.05, 4.69) is 17.4 Å². The van der Waals surface area contributed by atoms with Gasteiger partial charge in [0.25, 0.3) is 0 Å². The number of hydrogen-bond donors (Lipinski definition) is 1. The Morgan fingerprint density at radius 3 is 2.33 bits per heavy atom. The van der Waals surface area contributed by atoms with Crippen LogP contribution in [0.2, 0.25) is 0 Å². The number of hydrogen-bond acceptors (Lipinski definition) is 2. The Kier molecular flexibility index (Phi) is 5.20. The molecule has 0 spiro atoms. The van der Waals surface area contributed by atoms with Crippen LogP contribution in [0.3, 0.4) is 0 Å². The zero-order chi connectivity index (χ0) is 13.6. The highest BCUT2D eigenvalue weighted by Crippen LogP contribution is 2.13. The van der Waals surface area contributed by atoms with E-state index in [1.54, 1.807) is 7.11 Å². The quantitative estimate of drug-likeness (QED) is 0.815. The molecule has 0 unspecified atom stereocenters. The summed E-state index contributed by atoms with van der Waals surface area (Å²) < 4.78 is 5.11. The summed E-state index contributed by atoms with van der Waals surface area (Å²) in [5, 5.41) is 2.95. The van der Waals surface area contributed by atoms with Gasteiger partial charge >= 0.3 is 0 Å². The maximum atomic E-state index is 11.6. The van der Waals surface area contributed by atoms with Crippen molar-refractivity contribution in [1.29, 1.82) is 0 Å². The number of methoxy groups -OCH3 is 1. The van der Waals surface area contributed by atoms with Crippen LogP contribution in [0.5, 0.6) is 5.75 Å². The van der Waals surface area contributed by atoms with E-state index in [9.17, 15) is 4.79 Å². The summed E-state index contributed by atoms with van der Waals surface area (Å²) in [6.07, 6.45) is 1.92. The Labute approximate surface area is 110 Å². The number of carbonyl (C=O) groups excluding carboxylic acids is 1. The summed E-state index contributed by atoms with van der Waals surface area (Å²) in [6.45, 7) is 6.49. The van der Waals surface area contributed by atoms with E-state index in [-0.39, 0.29) is 11.3 Å². The third-order valence-corrected chi connectivity index (χ3v) is 2.77. The molecule has 3 heteroatoms. The molecule has 0 saturated carbocycles. The first kappa shape index (κ1) is 14.6. The number of amides is 1. The zero-order valence-corrected chi connectivity index (χ0v) is 11.7. The Hall–Kier alpha value is -1.51. The van der Waals surface area contributed by atoms with Gasteiger partial charge in [0.2, 0.25) is 5.91 Å². The topological polar surface area (TPSA) is 38.3 Å². The molecular formula is C15H23NO2. The molecule has 0 fully saturated rings. The Balaban J connectivity index is 2.27. The predicted octanol–water partition coefficient (Wildman–Crippen LogP) is 2.79. The Bertz CT molecular complexity index is 376. The molecule has 3 nitrogen and oxygen atoms in total. The average Bonchev–Trinajstić information content (AvgIpc) is 2.34. The van der Waals surface area contributed by atoms with Crippen molar-refractivity contribution in [3.05, 3.63) is 29.8 Å². The van der Waals surface area contributed by atoms with Gasteiger partial charge in [-0.05, 0) is 30.5 Å². The summed E-state index contributed by atoms with van der Waals surface area (Å²) in [4.78, 5) is 11.6. The van der Waals surface area contributed by atoms with E-state index in [1.807, 2.05) is 32.9 Å². The Morgan fingerprint density at radius 2 is 1.83 bits per heavy atom. The first-order valence-electron chi connectivity index (χ1n) is 6.34. The molecule has 0 aliphatic rings. The van der Waals surface area contributed by atoms with E-state index in [0.29, 0.717) is 0 Å². The lowest BCUT2D eigenvalue weighted by atomic mass is 9.95. The van der Waals surface area contributed by atoms with Crippen LogP contribution in [0.4, 0.5) is 0 Å². The molecule has 0 heterocycles. The van der Waals surface area contributed by atoms with Gasteiger partial charge in [0.05, 0.1) is 7.11 Å². The van der Waals surface area contributed by atoms with Gasteiger partial charge in [-0.25, -0.2) is 0 Å². The largest absolute Gasteiger partial charge is 0.497 e. The second-order valence-corrected chi connectivity index (χ2v) is 5.46. The normalized spacial score (nSPS) is 11.1. The number of carbonyl (C=O) groups is 1. The Morgan fingerprint density at radius 1 is 1.22 bits per heavy atom. The van der Waals surface area contributed by atoms with Crippen LogP contribution >= 0.6 is 0 Å². The van der Waals surface area contributed by atoms with Crippen LogP contribution in [0.1, 0.15) is 32.8 Å². The average molecular weight is 249 g/mol. The van der Waals surface area contributed by atoms with Crippen LogP contribution in [0.25, 0.3) is 0 Å². The number of nitrogens with one attached hydrogen (secondary N) is 1. The van der Waals surface area contributed by atoms with Gasteiger partial charge in [0.1, 0.15) is 5.75 Å². The molecule has 1 N–H and O–H groups in total. The molecule has 100 valence electrons. The van der Waals surface area contributed by atoms with Gasteiger partial charge in [-0.2, -0.15) is 0 Å². The highest BCUT2D eigenvalue weighted by molar-refractivity contribution is 5.81. The maximum absolute atomic E-state index is 11.6. The number of aryl methyl sites for hydroxylation is 1. The van der Waals surface area contributed by atoms with Crippen LogP contribution in [-0.4, -0.2) is 19.6 Å². The van der Waals surface area contributed by atoms with Crippen LogP contribution in [-0.2, 0) is 11.2 Å². The first-order chi connectivity index (χ1) is 8.43. The van der Waals surface area contributed by atoms with Crippen LogP contribution < -0.4 is 10.1 Å². The molecule has 18 heavy (non-hydrogen) atoms. The van der Waals surface area contributed by atoms with Crippen molar-refractivity contribution < 1.29 is 9.53 Å². The zero-order valence-electron chi connectivity index (χ0n) is 11.7. The van der Waals surface area contributed by atoms with Crippen molar-refractivity contribution >= 4 is 5.91 Å². The molecule has 0 radical (unpaired) electrons. The van der Waals surface area contributed by atoms with Crippen molar-refractivity contribution in [3.8, 4) is 5.75 Å². The van der Waals surface area contributed by atoms with Crippen molar-refractivity contribution in [1.82, 2.24) is 5.32 Å². The second kappa shape index (κ2) is 6.43. The third kappa shape index (κ3) is 4.78. The van der Waals surface area contributed by atoms with E-state index < -0.39 is 0 Å². The first-order valence-corrected chi connectivity index (χ1v) is 6.34. The summed E-state index contributed by atoms with van der Waals surface area (Å²) in [5.41, 5.74) is 0.959. The summed E-state index contributed by atoms with van der Waals surface area (Å²) in [5.74, 6) is 0.983. The number of ether oxygens (including phenoxy) is 1. The molecule has 0 atom stereocenters. The monoisotopic (exact) mass is 249 g/mol. The molecule has 1 aromatic carbocycles. The number of rotatable bonds is 5.